The molecule has 0 bridgehead atoms. The van der Waals surface area contributed by atoms with Crippen molar-refractivity contribution in [1.29, 1.82) is 0 Å². The van der Waals surface area contributed by atoms with Gasteiger partial charge < -0.3 is 9.84 Å². The Morgan fingerprint density at radius 1 is 1.29 bits per heavy atom. The lowest BCUT2D eigenvalue weighted by Crippen LogP contribution is -1.95. The first kappa shape index (κ1) is 15.8. The summed E-state index contributed by atoms with van der Waals surface area (Å²) < 4.78 is 6.14. The number of aliphatic hydroxyl groups excluding tert-OH is 1. The van der Waals surface area contributed by atoms with Gasteiger partial charge in [-0.25, -0.2) is 0 Å². The van der Waals surface area contributed by atoms with Crippen LogP contribution in [0.5, 0.6) is 11.5 Å². The zero-order chi connectivity index (χ0) is 15.6. The molecule has 0 saturated carbocycles. The van der Waals surface area contributed by atoms with Crippen LogP contribution < -0.4 is 4.74 Å². The van der Waals surface area contributed by atoms with Gasteiger partial charge in [-0.15, -0.1) is 0 Å². The Labute approximate surface area is 134 Å². The Kier molecular flexibility index (Phi) is 4.82. The summed E-state index contributed by atoms with van der Waals surface area (Å²) in [5.41, 5.74) is 0.528. The predicted molar refractivity (Wildman–Crippen MR) is 83.0 cm³/mol. The van der Waals surface area contributed by atoms with Crippen LogP contribution in [0.4, 0.5) is 5.69 Å². The average molecular weight is 373 g/mol. The molecule has 0 saturated heterocycles. The third-order valence-electron chi connectivity index (χ3n) is 2.78. The Morgan fingerprint density at radius 2 is 2.00 bits per heavy atom. The lowest BCUT2D eigenvalue weighted by Gasteiger charge is -2.11. The fraction of sp³-hybridized carbons (Fsp3) is 0.143. The molecule has 0 aliphatic heterocycles. The molecule has 2 aromatic carbocycles. The van der Waals surface area contributed by atoms with Crippen LogP contribution in [0, 0.1) is 10.1 Å². The molecule has 1 atom stereocenters. The van der Waals surface area contributed by atoms with Gasteiger partial charge in [0.2, 0.25) is 5.75 Å². The number of hydrogen-bond acceptors (Lipinski definition) is 4. The minimum absolute atomic E-state index is 0.0537. The highest BCUT2D eigenvalue weighted by molar-refractivity contribution is 9.10. The Morgan fingerprint density at radius 3 is 2.57 bits per heavy atom. The van der Waals surface area contributed by atoms with Crippen LogP contribution >= 0.6 is 27.5 Å². The quantitative estimate of drug-likeness (QED) is 0.614. The molecule has 0 amide bonds. The largest absolute Gasteiger partial charge is 0.449 e. The van der Waals surface area contributed by atoms with Crippen LogP contribution in [0.15, 0.2) is 40.9 Å². The molecule has 0 spiro atoms. The van der Waals surface area contributed by atoms with Crippen LogP contribution in [0.3, 0.4) is 0 Å². The molecule has 7 heteroatoms. The number of rotatable bonds is 4. The van der Waals surface area contributed by atoms with Gasteiger partial charge in [0.15, 0.2) is 0 Å². The number of aliphatic hydroxyl groups is 1. The zero-order valence-corrected chi connectivity index (χ0v) is 13.3. The fourth-order valence-corrected chi connectivity index (χ4v) is 2.34. The van der Waals surface area contributed by atoms with Crippen molar-refractivity contribution in [3.05, 3.63) is 61.6 Å². The van der Waals surface area contributed by atoms with Crippen molar-refractivity contribution in [3.63, 3.8) is 0 Å². The molecule has 2 rings (SSSR count). The van der Waals surface area contributed by atoms with E-state index in [1.807, 2.05) is 0 Å². The van der Waals surface area contributed by atoms with Crippen molar-refractivity contribution in [2.45, 2.75) is 13.0 Å². The Bertz CT molecular complexity index is 691. The number of nitrogens with zero attached hydrogens (tertiary/aromatic N) is 1. The number of nitro groups is 1. The number of nitro benzene ring substituents is 1. The van der Waals surface area contributed by atoms with Gasteiger partial charge in [-0.05, 0) is 46.6 Å². The first-order valence-electron chi connectivity index (χ1n) is 5.98. The van der Waals surface area contributed by atoms with Crippen LogP contribution in [0.2, 0.25) is 5.02 Å². The molecule has 0 heterocycles. The van der Waals surface area contributed by atoms with Crippen molar-refractivity contribution in [2.24, 2.45) is 0 Å². The lowest BCUT2D eigenvalue weighted by molar-refractivity contribution is -0.385. The minimum Gasteiger partial charge on any atom is -0.449 e. The summed E-state index contributed by atoms with van der Waals surface area (Å²) >= 11 is 9.16. The number of halogens is 2. The van der Waals surface area contributed by atoms with E-state index in [1.54, 1.807) is 25.1 Å². The van der Waals surface area contributed by atoms with E-state index in [4.69, 9.17) is 16.3 Å². The maximum atomic E-state index is 11.0. The fourth-order valence-electron chi connectivity index (χ4n) is 1.70. The van der Waals surface area contributed by atoms with E-state index in [2.05, 4.69) is 15.9 Å². The second kappa shape index (κ2) is 6.43. The van der Waals surface area contributed by atoms with E-state index in [1.165, 1.54) is 18.2 Å². The van der Waals surface area contributed by atoms with Crippen molar-refractivity contribution >= 4 is 33.2 Å². The van der Waals surface area contributed by atoms with Crippen LogP contribution in [0.25, 0.3) is 0 Å². The molecule has 2 aromatic rings. The smallest absolute Gasteiger partial charge is 0.311 e. The normalized spacial score (nSPS) is 12.0. The summed E-state index contributed by atoms with van der Waals surface area (Å²) in [5, 5.41) is 20.8. The molecule has 21 heavy (non-hydrogen) atoms. The summed E-state index contributed by atoms with van der Waals surface area (Å²) in [7, 11) is 0. The SMILES string of the molecule is C[C@H](O)c1ccc(Oc2cc(Cl)ccc2[N+](=O)[O-])c(Br)c1. The van der Waals surface area contributed by atoms with Gasteiger partial charge in [-0.1, -0.05) is 17.7 Å². The maximum absolute atomic E-state index is 11.0. The summed E-state index contributed by atoms with van der Waals surface area (Å²) in [6, 6.07) is 9.09. The van der Waals surface area contributed by atoms with E-state index in [9.17, 15) is 15.2 Å². The molecule has 5 nitrogen and oxygen atoms in total. The van der Waals surface area contributed by atoms with E-state index in [-0.39, 0.29) is 11.4 Å². The summed E-state index contributed by atoms with van der Waals surface area (Å²) in [4.78, 5) is 10.5. The molecule has 0 aliphatic carbocycles. The van der Waals surface area contributed by atoms with Gasteiger partial charge in [-0.2, -0.15) is 0 Å². The average Bonchev–Trinajstić information content (AvgIpc) is 2.40. The van der Waals surface area contributed by atoms with Gasteiger partial charge in [0.1, 0.15) is 5.75 Å². The molecule has 0 aromatic heterocycles. The maximum Gasteiger partial charge on any atom is 0.311 e. The zero-order valence-electron chi connectivity index (χ0n) is 10.9. The standard InChI is InChI=1S/C14H11BrClNO4/c1-8(18)9-2-5-13(11(15)6-9)21-14-7-10(16)3-4-12(14)17(19)20/h2-8,18H,1H3/t8-/m0/s1. The van der Waals surface area contributed by atoms with Crippen molar-refractivity contribution in [2.75, 3.05) is 0 Å². The Hall–Kier alpha value is -1.63. The van der Waals surface area contributed by atoms with Crippen LogP contribution in [-0.2, 0) is 0 Å². The monoisotopic (exact) mass is 371 g/mol. The second-order valence-electron chi connectivity index (χ2n) is 4.34. The minimum atomic E-state index is -0.615. The molecular weight excluding hydrogens is 362 g/mol. The number of benzene rings is 2. The van der Waals surface area contributed by atoms with Crippen LogP contribution in [0.1, 0.15) is 18.6 Å². The molecule has 1 N–H and O–H groups in total. The summed E-state index contributed by atoms with van der Waals surface area (Å²) in [6.07, 6.45) is -0.615. The molecule has 0 aliphatic rings. The van der Waals surface area contributed by atoms with Gasteiger partial charge in [0.25, 0.3) is 0 Å². The second-order valence-corrected chi connectivity index (χ2v) is 5.63. The van der Waals surface area contributed by atoms with Gasteiger partial charge >= 0.3 is 5.69 Å². The molecule has 110 valence electrons. The van der Waals surface area contributed by atoms with Crippen molar-refractivity contribution in [3.8, 4) is 11.5 Å². The van der Waals surface area contributed by atoms with Gasteiger partial charge in [0, 0.05) is 17.2 Å². The molecule has 0 fully saturated rings. The van der Waals surface area contributed by atoms with Crippen molar-refractivity contribution in [1.82, 2.24) is 0 Å². The highest BCUT2D eigenvalue weighted by Gasteiger charge is 2.17. The molecular formula is C14H11BrClNO4. The van der Waals surface area contributed by atoms with Crippen molar-refractivity contribution < 1.29 is 14.8 Å². The summed E-state index contributed by atoms with van der Waals surface area (Å²) in [6.45, 7) is 1.64. The van der Waals surface area contributed by atoms with E-state index >= 15 is 0 Å². The first-order chi connectivity index (χ1) is 9.88. The van der Waals surface area contributed by atoms with Gasteiger partial charge in [0.05, 0.1) is 15.5 Å². The first-order valence-corrected chi connectivity index (χ1v) is 7.15. The predicted octanol–water partition coefficient (Wildman–Crippen LogP) is 4.86. The highest BCUT2D eigenvalue weighted by atomic mass is 79.9. The van der Waals surface area contributed by atoms with E-state index in [0.717, 1.165) is 0 Å². The highest BCUT2D eigenvalue weighted by Crippen LogP contribution is 2.37. The lowest BCUT2D eigenvalue weighted by atomic mass is 10.1. The Balaban J connectivity index is 2.38. The number of ether oxygens (including phenoxy) is 1. The van der Waals surface area contributed by atoms with Crippen LogP contribution in [-0.4, -0.2) is 10.0 Å². The topological polar surface area (TPSA) is 72.6 Å². The number of hydrogen-bond donors (Lipinski definition) is 1. The molecule has 0 unspecified atom stereocenters. The van der Waals surface area contributed by atoms with E-state index in [0.29, 0.717) is 20.8 Å². The molecule has 0 radical (unpaired) electrons. The third kappa shape index (κ3) is 3.72. The third-order valence-corrected chi connectivity index (χ3v) is 3.63. The summed E-state index contributed by atoms with van der Waals surface area (Å²) in [5.74, 6) is 0.447. The van der Waals surface area contributed by atoms with Gasteiger partial charge in [-0.3, -0.25) is 10.1 Å². The van der Waals surface area contributed by atoms with E-state index < -0.39 is 11.0 Å².